The molecule has 0 radical (unpaired) electrons. The lowest BCUT2D eigenvalue weighted by Crippen LogP contribution is -2.48. The number of hydrogen-bond acceptors (Lipinski definition) is 3. The lowest BCUT2D eigenvalue weighted by molar-refractivity contribution is -0.118. The van der Waals surface area contributed by atoms with Crippen molar-refractivity contribution in [2.45, 2.75) is 18.4 Å². The minimum absolute atomic E-state index is 0.0324. The number of carbonyl (C=O) groups is 2. The van der Waals surface area contributed by atoms with Crippen molar-refractivity contribution in [2.75, 3.05) is 17.3 Å². The topological polar surface area (TPSA) is 74.6 Å². The van der Waals surface area contributed by atoms with Gasteiger partial charge in [-0.2, -0.15) is 0 Å². The number of nitrogens with one attached hydrogen (secondary N) is 1. The van der Waals surface area contributed by atoms with Crippen molar-refractivity contribution >= 4 is 23.3 Å². The number of fused-ring (bicyclic) bond motifs is 1. The second-order valence-corrected chi connectivity index (χ2v) is 4.70. The molecule has 0 atom stereocenters. The van der Waals surface area contributed by atoms with Crippen molar-refractivity contribution in [2.24, 2.45) is 7.05 Å². The highest BCUT2D eigenvalue weighted by Gasteiger charge is 2.57. The van der Waals surface area contributed by atoms with Crippen molar-refractivity contribution < 1.29 is 14.7 Å². The van der Waals surface area contributed by atoms with E-state index in [1.807, 2.05) is 4.90 Å². The van der Waals surface area contributed by atoms with Gasteiger partial charge in [-0.1, -0.05) is 0 Å². The first-order valence-electron chi connectivity index (χ1n) is 5.45. The van der Waals surface area contributed by atoms with Crippen LogP contribution in [0.1, 0.15) is 23.3 Å². The molecule has 0 unspecified atom stereocenters. The van der Waals surface area contributed by atoms with Crippen molar-refractivity contribution in [3.8, 4) is 0 Å². The zero-order valence-electron chi connectivity index (χ0n) is 9.65. The predicted molar refractivity (Wildman–Crippen MR) is 61.4 cm³/mol. The molecule has 1 aromatic heterocycles. The van der Waals surface area contributed by atoms with Crippen LogP contribution in [0.4, 0.5) is 11.4 Å². The summed E-state index contributed by atoms with van der Waals surface area (Å²) in [6, 6.07) is 0. The van der Waals surface area contributed by atoms with Crippen molar-refractivity contribution in [1.82, 2.24) is 4.57 Å². The van der Waals surface area contributed by atoms with E-state index in [1.165, 1.54) is 4.57 Å². The van der Waals surface area contributed by atoms with Crippen molar-refractivity contribution in [1.29, 1.82) is 0 Å². The SMILES string of the molecule is CN1c2c(cn(C)c2C(=O)O)NC(=O)C12CC2. The Morgan fingerprint density at radius 2 is 2.12 bits per heavy atom. The van der Waals surface area contributed by atoms with E-state index >= 15 is 0 Å². The number of aromatic carboxylic acids is 1. The predicted octanol–water partition coefficient (Wildman–Crippen LogP) is 0.644. The zero-order chi connectivity index (χ0) is 12.4. The molecular weight excluding hydrogens is 222 g/mol. The number of aryl methyl sites for hydroxylation is 1. The number of rotatable bonds is 1. The van der Waals surface area contributed by atoms with Gasteiger partial charge in [0.05, 0.1) is 11.4 Å². The highest BCUT2D eigenvalue weighted by Crippen LogP contribution is 2.50. The van der Waals surface area contributed by atoms with E-state index in [-0.39, 0.29) is 11.6 Å². The minimum Gasteiger partial charge on any atom is -0.477 e. The standard InChI is InChI=1S/C11H13N3O3/c1-13-5-6-7(8(13)9(15)16)14(2)11(3-4-11)10(17)12-6/h5H,3-4H2,1-2H3,(H,12,17)(H,15,16). The van der Waals surface area contributed by atoms with E-state index in [9.17, 15) is 14.7 Å². The molecule has 1 saturated carbocycles. The van der Waals surface area contributed by atoms with E-state index in [2.05, 4.69) is 5.32 Å². The summed E-state index contributed by atoms with van der Waals surface area (Å²) < 4.78 is 1.53. The van der Waals surface area contributed by atoms with Gasteiger partial charge in [0.25, 0.3) is 0 Å². The minimum atomic E-state index is -0.979. The maximum absolute atomic E-state index is 11.9. The fourth-order valence-corrected chi connectivity index (χ4v) is 2.58. The Labute approximate surface area is 97.8 Å². The molecule has 0 saturated heterocycles. The largest absolute Gasteiger partial charge is 0.477 e. The van der Waals surface area contributed by atoms with Crippen LogP contribution in [0.15, 0.2) is 6.20 Å². The van der Waals surface area contributed by atoms with Gasteiger partial charge >= 0.3 is 5.97 Å². The van der Waals surface area contributed by atoms with Gasteiger partial charge in [0.1, 0.15) is 5.54 Å². The van der Waals surface area contributed by atoms with E-state index in [0.29, 0.717) is 11.4 Å². The second-order valence-electron chi connectivity index (χ2n) is 4.70. The lowest BCUT2D eigenvalue weighted by Gasteiger charge is -2.34. The van der Waals surface area contributed by atoms with Gasteiger partial charge in [-0.05, 0) is 12.8 Å². The fraction of sp³-hybridized carbons (Fsp3) is 0.455. The molecule has 17 heavy (non-hydrogen) atoms. The highest BCUT2D eigenvalue weighted by atomic mass is 16.4. The molecule has 2 aliphatic rings. The Balaban J connectivity index is 2.21. The zero-order valence-corrected chi connectivity index (χ0v) is 9.65. The van der Waals surface area contributed by atoms with Crippen LogP contribution in [0.25, 0.3) is 0 Å². The third-order valence-electron chi connectivity index (χ3n) is 3.73. The number of likely N-dealkylation sites (N-methyl/N-ethyl adjacent to an activating group) is 1. The average Bonchev–Trinajstić information content (AvgIpc) is 2.96. The van der Waals surface area contributed by atoms with Crippen LogP contribution >= 0.6 is 0 Å². The molecule has 1 aliphatic carbocycles. The van der Waals surface area contributed by atoms with Crippen LogP contribution in [0.2, 0.25) is 0 Å². The molecule has 1 spiro atoms. The number of carboxylic acid groups (broad SMARTS) is 1. The summed E-state index contributed by atoms with van der Waals surface area (Å²) in [5.74, 6) is -1.01. The Hall–Kier alpha value is -1.98. The Morgan fingerprint density at radius 1 is 1.47 bits per heavy atom. The van der Waals surface area contributed by atoms with Gasteiger partial charge < -0.3 is 19.9 Å². The monoisotopic (exact) mass is 235 g/mol. The maximum Gasteiger partial charge on any atom is 0.354 e. The van der Waals surface area contributed by atoms with Gasteiger partial charge in [-0.25, -0.2) is 4.79 Å². The number of nitrogens with zero attached hydrogens (tertiary/aromatic N) is 2. The number of carboxylic acids is 1. The first kappa shape index (κ1) is 10.2. The average molecular weight is 235 g/mol. The summed E-state index contributed by atoms with van der Waals surface area (Å²) in [7, 11) is 3.46. The van der Waals surface area contributed by atoms with Crippen LogP contribution in [0.5, 0.6) is 0 Å². The van der Waals surface area contributed by atoms with Crippen LogP contribution in [0, 0.1) is 0 Å². The lowest BCUT2D eigenvalue weighted by atomic mass is 10.1. The number of anilines is 2. The number of aromatic nitrogens is 1. The highest BCUT2D eigenvalue weighted by molar-refractivity contribution is 6.12. The molecule has 6 heteroatoms. The van der Waals surface area contributed by atoms with Crippen LogP contribution in [-0.2, 0) is 11.8 Å². The van der Waals surface area contributed by atoms with Gasteiger partial charge in [0.2, 0.25) is 5.91 Å². The van der Waals surface area contributed by atoms with E-state index < -0.39 is 11.5 Å². The number of amides is 1. The first-order chi connectivity index (χ1) is 7.97. The summed E-state index contributed by atoms with van der Waals surface area (Å²) in [4.78, 5) is 25.0. The maximum atomic E-state index is 11.9. The fourth-order valence-electron chi connectivity index (χ4n) is 2.58. The van der Waals surface area contributed by atoms with E-state index in [4.69, 9.17) is 0 Å². The van der Waals surface area contributed by atoms with Crippen LogP contribution in [-0.4, -0.2) is 34.1 Å². The summed E-state index contributed by atoms with van der Waals surface area (Å²) in [6.45, 7) is 0. The smallest absolute Gasteiger partial charge is 0.354 e. The van der Waals surface area contributed by atoms with Crippen molar-refractivity contribution in [3.05, 3.63) is 11.9 Å². The molecule has 2 heterocycles. The van der Waals surface area contributed by atoms with Gasteiger partial charge in [0.15, 0.2) is 5.69 Å². The molecule has 1 fully saturated rings. The Bertz CT molecular complexity index is 542. The van der Waals surface area contributed by atoms with E-state index in [1.54, 1.807) is 20.3 Å². The Morgan fingerprint density at radius 3 is 2.65 bits per heavy atom. The normalized spacial score (nSPS) is 20.1. The summed E-state index contributed by atoms with van der Waals surface area (Å²) in [6.07, 6.45) is 3.20. The van der Waals surface area contributed by atoms with Crippen LogP contribution < -0.4 is 10.2 Å². The first-order valence-corrected chi connectivity index (χ1v) is 5.45. The van der Waals surface area contributed by atoms with Gasteiger partial charge in [-0.3, -0.25) is 4.79 Å². The third kappa shape index (κ3) is 1.09. The molecule has 6 nitrogen and oxygen atoms in total. The second kappa shape index (κ2) is 2.82. The van der Waals surface area contributed by atoms with E-state index in [0.717, 1.165) is 12.8 Å². The van der Waals surface area contributed by atoms with Crippen molar-refractivity contribution in [3.63, 3.8) is 0 Å². The molecular formula is C11H13N3O3. The molecule has 1 aliphatic heterocycles. The number of hydrogen-bond donors (Lipinski definition) is 2. The molecule has 1 amide bonds. The third-order valence-corrected chi connectivity index (χ3v) is 3.73. The summed E-state index contributed by atoms with van der Waals surface area (Å²) >= 11 is 0. The molecule has 90 valence electrons. The van der Waals surface area contributed by atoms with Gasteiger partial charge in [-0.15, -0.1) is 0 Å². The summed E-state index contributed by atoms with van der Waals surface area (Å²) in [5.41, 5.74) is 0.888. The van der Waals surface area contributed by atoms with Gasteiger partial charge in [0, 0.05) is 20.3 Å². The number of carbonyl (C=O) groups excluding carboxylic acids is 1. The molecule has 1 aromatic rings. The Kier molecular flexibility index (Phi) is 1.69. The quantitative estimate of drug-likeness (QED) is 0.749. The molecule has 0 bridgehead atoms. The molecule has 3 rings (SSSR count). The molecule has 2 N–H and O–H groups in total. The molecule has 0 aromatic carbocycles. The summed E-state index contributed by atoms with van der Waals surface area (Å²) in [5, 5.41) is 12.0. The van der Waals surface area contributed by atoms with Crippen LogP contribution in [0.3, 0.4) is 0 Å².